The lowest BCUT2D eigenvalue weighted by atomic mass is 9.82. The Hall–Kier alpha value is -8.20. The van der Waals surface area contributed by atoms with Crippen LogP contribution >= 0.6 is 0 Å². The number of fused-ring (bicyclic) bond motifs is 6. The van der Waals surface area contributed by atoms with Gasteiger partial charge in [-0.3, -0.25) is 0 Å². The molecule has 0 saturated carbocycles. The molecule has 1 aliphatic rings. The summed E-state index contributed by atoms with van der Waals surface area (Å²) >= 11 is 0. The van der Waals surface area contributed by atoms with Crippen molar-refractivity contribution in [3.05, 3.63) is 248 Å². The molecule has 2 nitrogen and oxygen atoms in total. The topological polar surface area (TPSA) is 16.4 Å². The normalized spacial score (nSPS) is 12.6. The van der Waals surface area contributed by atoms with E-state index in [1.807, 2.05) is 12.1 Å². The summed E-state index contributed by atoms with van der Waals surface area (Å²) in [7, 11) is 0. The van der Waals surface area contributed by atoms with E-state index < -0.39 is 0 Å². The highest BCUT2D eigenvalue weighted by molar-refractivity contribution is 6.07. The zero-order valence-corrected chi connectivity index (χ0v) is 36.4. The maximum absolute atomic E-state index is 6.20. The highest BCUT2D eigenvalue weighted by Gasteiger charge is 2.37. The lowest BCUT2D eigenvalue weighted by molar-refractivity contribution is 0.660. The Morgan fingerprint density at radius 3 is 1.54 bits per heavy atom. The van der Waals surface area contributed by atoms with E-state index >= 15 is 0 Å². The molecule has 0 N–H and O–H groups in total. The van der Waals surface area contributed by atoms with Crippen LogP contribution in [0.5, 0.6) is 0 Å². The Bertz CT molecular complexity index is 3580. The Morgan fingerprint density at radius 1 is 0.323 bits per heavy atom. The molecule has 0 radical (unpaired) electrons. The van der Waals surface area contributed by atoms with Crippen LogP contribution in [0, 0.1) is 0 Å². The summed E-state index contributed by atoms with van der Waals surface area (Å²) in [5.41, 5.74) is 22.1. The van der Waals surface area contributed by atoms with Crippen LogP contribution in [0.2, 0.25) is 0 Å². The fourth-order valence-corrected chi connectivity index (χ4v) is 10.4. The lowest BCUT2D eigenvalue weighted by Gasteiger charge is -2.31. The Labute approximate surface area is 380 Å². The molecule has 0 saturated heterocycles. The summed E-state index contributed by atoms with van der Waals surface area (Å²) in [6.07, 6.45) is 0. The van der Waals surface area contributed by atoms with E-state index in [9.17, 15) is 0 Å². The van der Waals surface area contributed by atoms with Crippen molar-refractivity contribution in [2.45, 2.75) is 19.3 Å². The molecular weight excluding hydrogens is 787 g/mol. The molecule has 1 aliphatic carbocycles. The van der Waals surface area contributed by atoms with E-state index in [-0.39, 0.29) is 5.41 Å². The molecular formula is C63H45NO. The molecule has 308 valence electrons. The van der Waals surface area contributed by atoms with Gasteiger partial charge in [0.2, 0.25) is 0 Å². The van der Waals surface area contributed by atoms with Gasteiger partial charge in [-0.05, 0) is 109 Å². The van der Waals surface area contributed by atoms with Crippen LogP contribution < -0.4 is 4.90 Å². The molecule has 10 aromatic carbocycles. The quantitative estimate of drug-likeness (QED) is 0.152. The van der Waals surface area contributed by atoms with Crippen LogP contribution in [-0.2, 0) is 5.41 Å². The summed E-state index contributed by atoms with van der Waals surface area (Å²) in [4.78, 5) is 2.48. The van der Waals surface area contributed by atoms with E-state index in [1.165, 1.54) is 61.2 Å². The predicted octanol–water partition coefficient (Wildman–Crippen LogP) is 17.7. The van der Waals surface area contributed by atoms with Crippen molar-refractivity contribution < 1.29 is 4.42 Å². The molecule has 12 rings (SSSR count). The van der Waals surface area contributed by atoms with E-state index in [4.69, 9.17) is 4.42 Å². The second kappa shape index (κ2) is 15.6. The Kier molecular flexibility index (Phi) is 9.21. The number of benzene rings is 10. The number of hydrogen-bond acceptors (Lipinski definition) is 2. The molecule has 0 fully saturated rings. The van der Waals surface area contributed by atoms with Crippen LogP contribution in [0.25, 0.3) is 88.7 Å². The lowest BCUT2D eigenvalue weighted by Crippen LogP contribution is -2.15. The molecule has 11 aromatic rings. The van der Waals surface area contributed by atoms with Crippen molar-refractivity contribution >= 4 is 39.0 Å². The number of rotatable bonds is 8. The standard InChI is InChI=1S/C63H45NO/c1-63(2)56-30-14-10-28-54(56)62-53(29-18-31-57(62)63)51-26-12-16-33-59(51)64(45-38-35-42(36-39-45)44-37-40-61-55(41-44)52-27-13-17-34-60(52)65-61)58-32-15-11-25-50(58)49-24-9-8-23-48(49)47-22-7-6-21-46(47)43-19-4-3-5-20-43/h3-41H,1-2H3. The van der Waals surface area contributed by atoms with Crippen LogP contribution in [0.1, 0.15) is 25.0 Å². The monoisotopic (exact) mass is 831 g/mol. The minimum absolute atomic E-state index is 0.121. The largest absolute Gasteiger partial charge is 0.456 e. The Balaban J connectivity index is 1.07. The first-order valence-electron chi connectivity index (χ1n) is 22.5. The zero-order valence-electron chi connectivity index (χ0n) is 36.4. The van der Waals surface area contributed by atoms with Crippen molar-refractivity contribution in [1.82, 2.24) is 0 Å². The molecule has 0 aliphatic heterocycles. The number of anilines is 3. The second-order valence-electron chi connectivity index (χ2n) is 17.6. The third kappa shape index (κ3) is 6.40. The van der Waals surface area contributed by atoms with Gasteiger partial charge in [0, 0.05) is 33.0 Å². The van der Waals surface area contributed by atoms with Crippen LogP contribution in [0.15, 0.2) is 241 Å². The Morgan fingerprint density at radius 2 is 0.815 bits per heavy atom. The second-order valence-corrected chi connectivity index (χ2v) is 17.6. The minimum Gasteiger partial charge on any atom is -0.456 e. The van der Waals surface area contributed by atoms with Crippen LogP contribution in [-0.4, -0.2) is 0 Å². The predicted molar refractivity (Wildman–Crippen MR) is 273 cm³/mol. The van der Waals surface area contributed by atoms with E-state index in [2.05, 4.69) is 243 Å². The fourth-order valence-electron chi connectivity index (χ4n) is 10.4. The van der Waals surface area contributed by atoms with Gasteiger partial charge in [-0.1, -0.05) is 208 Å². The summed E-state index contributed by atoms with van der Waals surface area (Å²) in [6, 6.07) is 86.0. The molecule has 1 heterocycles. The molecule has 0 bridgehead atoms. The molecule has 0 atom stereocenters. The number of para-hydroxylation sites is 3. The van der Waals surface area contributed by atoms with Crippen molar-refractivity contribution in [3.8, 4) is 66.8 Å². The molecule has 0 amide bonds. The molecule has 1 aromatic heterocycles. The van der Waals surface area contributed by atoms with Crippen molar-refractivity contribution in [1.29, 1.82) is 0 Å². The van der Waals surface area contributed by atoms with Crippen LogP contribution in [0.4, 0.5) is 17.1 Å². The first-order chi connectivity index (χ1) is 32.0. The first-order valence-corrected chi connectivity index (χ1v) is 22.5. The summed E-state index contributed by atoms with van der Waals surface area (Å²) in [6.45, 7) is 4.72. The zero-order chi connectivity index (χ0) is 43.5. The molecule has 2 heteroatoms. The summed E-state index contributed by atoms with van der Waals surface area (Å²) in [5, 5.41) is 2.25. The van der Waals surface area contributed by atoms with Gasteiger partial charge in [-0.15, -0.1) is 0 Å². The number of nitrogens with zero attached hydrogens (tertiary/aromatic N) is 1. The SMILES string of the molecule is CC1(C)c2ccccc2-c2c(-c3ccccc3N(c3ccc(-c4ccc5oc6ccccc6c5c4)cc3)c3ccccc3-c3ccccc3-c3ccccc3-c3ccccc3)cccc21. The number of furan rings is 1. The van der Waals surface area contributed by atoms with E-state index in [1.54, 1.807) is 0 Å². The molecule has 0 spiro atoms. The van der Waals surface area contributed by atoms with Crippen molar-refractivity contribution in [3.63, 3.8) is 0 Å². The van der Waals surface area contributed by atoms with Gasteiger partial charge in [0.15, 0.2) is 0 Å². The van der Waals surface area contributed by atoms with Crippen molar-refractivity contribution in [2.24, 2.45) is 0 Å². The third-order valence-corrected chi connectivity index (χ3v) is 13.5. The summed E-state index contributed by atoms with van der Waals surface area (Å²) in [5.74, 6) is 0. The van der Waals surface area contributed by atoms with Gasteiger partial charge in [0.25, 0.3) is 0 Å². The van der Waals surface area contributed by atoms with Gasteiger partial charge in [-0.2, -0.15) is 0 Å². The molecule has 0 unspecified atom stereocenters. The van der Waals surface area contributed by atoms with Gasteiger partial charge in [0.1, 0.15) is 11.2 Å². The smallest absolute Gasteiger partial charge is 0.135 e. The average Bonchev–Trinajstić information content (AvgIpc) is 3.86. The minimum atomic E-state index is -0.121. The summed E-state index contributed by atoms with van der Waals surface area (Å²) < 4.78 is 6.20. The first kappa shape index (κ1) is 38.5. The van der Waals surface area contributed by atoms with Gasteiger partial charge in [-0.25, -0.2) is 0 Å². The fraction of sp³-hybridized carbons (Fsp3) is 0.0476. The van der Waals surface area contributed by atoms with Gasteiger partial charge in [0.05, 0.1) is 11.4 Å². The highest BCUT2D eigenvalue weighted by Crippen LogP contribution is 2.54. The van der Waals surface area contributed by atoms with E-state index in [0.29, 0.717) is 0 Å². The maximum Gasteiger partial charge on any atom is 0.135 e. The van der Waals surface area contributed by atoms with Crippen LogP contribution in [0.3, 0.4) is 0 Å². The molecule has 65 heavy (non-hydrogen) atoms. The van der Waals surface area contributed by atoms with Gasteiger partial charge < -0.3 is 9.32 Å². The van der Waals surface area contributed by atoms with E-state index in [0.717, 1.165) is 55.7 Å². The number of hydrogen-bond donors (Lipinski definition) is 0. The van der Waals surface area contributed by atoms with Gasteiger partial charge >= 0.3 is 0 Å². The highest BCUT2D eigenvalue weighted by atomic mass is 16.3. The van der Waals surface area contributed by atoms with Crippen molar-refractivity contribution in [2.75, 3.05) is 4.90 Å². The maximum atomic E-state index is 6.20. The third-order valence-electron chi connectivity index (χ3n) is 13.5. The average molecular weight is 832 g/mol.